The average molecular weight is 351 g/mol. The van der Waals surface area contributed by atoms with Gasteiger partial charge in [-0.25, -0.2) is 4.98 Å². The lowest BCUT2D eigenvalue weighted by Gasteiger charge is -2.10. The van der Waals surface area contributed by atoms with Gasteiger partial charge < -0.3 is 14.8 Å². The van der Waals surface area contributed by atoms with E-state index < -0.39 is 0 Å². The lowest BCUT2D eigenvalue weighted by Crippen LogP contribution is -2.12. The molecule has 4 nitrogen and oxygen atoms in total. The van der Waals surface area contributed by atoms with Crippen LogP contribution >= 0.6 is 15.9 Å². The normalized spacial score (nSPS) is 10.4. The average Bonchev–Trinajstić information content (AvgIpc) is 2.53. The molecule has 0 amide bonds. The Balaban J connectivity index is 2.02. The first-order chi connectivity index (χ1) is 10.2. The van der Waals surface area contributed by atoms with Crippen LogP contribution in [-0.4, -0.2) is 18.6 Å². The van der Waals surface area contributed by atoms with Crippen LogP contribution in [0, 0.1) is 0 Å². The molecule has 0 saturated carbocycles. The molecule has 0 aliphatic carbocycles. The molecule has 1 heterocycles. The monoisotopic (exact) mass is 350 g/mol. The maximum atomic E-state index is 5.80. The lowest BCUT2D eigenvalue weighted by molar-refractivity contribution is 0.297. The van der Waals surface area contributed by atoms with Crippen molar-refractivity contribution in [2.75, 3.05) is 13.7 Å². The third-order valence-electron chi connectivity index (χ3n) is 2.96. The van der Waals surface area contributed by atoms with Crippen LogP contribution in [0.15, 0.2) is 40.9 Å². The van der Waals surface area contributed by atoms with E-state index in [0.29, 0.717) is 12.5 Å². The van der Waals surface area contributed by atoms with E-state index >= 15 is 0 Å². The molecule has 0 atom stereocenters. The first-order valence-corrected chi connectivity index (χ1v) is 7.64. The van der Waals surface area contributed by atoms with Gasteiger partial charge in [0.05, 0.1) is 12.8 Å². The van der Waals surface area contributed by atoms with Gasteiger partial charge >= 0.3 is 0 Å². The van der Waals surface area contributed by atoms with Crippen LogP contribution in [0.5, 0.6) is 11.6 Å². The van der Waals surface area contributed by atoms with Crippen LogP contribution in [0.4, 0.5) is 0 Å². The van der Waals surface area contributed by atoms with Crippen molar-refractivity contribution in [3.8, 4) is 11.6 Å². The van der Waals surface area contributed by atoms with E-state index in [-0.39, 0.29) is 0 Å². The van der Waals surface area contributed by atoms with Gasteiger partial charge in [0.15, 0.2) is 0 Å². The number of benzene rings is 1. The van der Waals surface area contributed by atoms with Crippen LogP contribution < -0.4 is 14.8 Å². The SMILES string of the molecule is CCNCc1cc(OCc2cccc(OC)n2)ccc1Br. The number of rotatable bonds is 7. The van der Waals surface area contributed by atoms with Gasteiger partial charge in [-0.15, -0.1) is 0 Å². The molecule has 0 saturated heterocycles. The fraction of sp³-hybridized carbons (Fsp3) is 0.312. The fourth-order valence-electron chi connectivity index (χ4n) is 1.84. The maximum absolute atomic E-state index is 5.80. The van der Waals surface area contributed by atoms with Crippen molar-refractivity contribution in [1.82, 2.24) is 10.3 Å². The Bertz CT molecular complexity index is 590. The predicted octanol–water partition coefficient (Wildman–Crippen LogP) is 3.54. The zero-order valence-electron chi connectivity index (χ0n) is 12.2. The third-order valence-corrected chi connectivity index (χ3v) is 3.73. The molecule has 5 heteroatoms. The summed E-state index contributed by atoms with van der Waals surface area (Å²) in [5.41, 5.74) is 2.01. The van der Waals surface area contributed by atoms with Crippen molar-refractivity contribution >= 4 is 15.9 Å². The summed E-state index contributed by atoms with van der Waals surface area (Å²) in [6, 6.07) is 11.6. The number of nitrogens with zero attached hydrogens (tertiary/aromatic N) is 1. The zero-order valence-corrected chi connectivity index (χ0v) is 13.8. The number of pyridine rings is 1. The Morgan fingerprint density at radius 2 is 2.10 bits per heavy atom. The summed E-state index contributed by atoms with van der Waals surface area (Å²) in [6.07, 6.45) is 0. The van der Waals surface area contributed by atoms with E-state index in [1.807, 2.05) is 36.4 Å². The molecule has 112 valence electrons. The number of ether oxygens (including phenoxy) is 2. The molecule has 0 unspecified atom stereocenters. The summed E-state index contributed by atoms with van der Waals surface area (Å²) < 4.78 is 12.0. The third kappa shape index (κ3) is 4.72. The van der Waals surface area contributed by atoms with Crippen molar-refractivity contribution in [1.29, 1.82) is 0 Å². The first-order valence-electron chi connectivity index (χ1n) is 6.84. The van der Waals surface area contributed by atoms with Gasteiger partial charge in [-0.05, 0) is 36.4 Å². The summed E-state index contributed by atoms with van der Waals surface area (Å²) in [4.78, 5) is 4.33. The molecule has 21 heavy (non-hydrogen) atoms. The Kier molecular flexibility index (Phi) is 6.02. The molecule has 0 fully saturated rings. The number of methoxy groups -OCH3 is 1. The van der Waals surface area contributed by atoms with Gasteiger partial charge in [0.25, 0.3) is 0 Å². The van der Waals surface area contributed by atoms with Crippen molar-refractivity contribution < 1.29 is 9.47 Å². The molecule has 2 aromatic rings. The van der Waals surface area contributed by atoms with E-state index in [9.17, 15) is 0 Å². The van der Waals surface area contributed by atoms with Gasteiger partial charge in [0.1, 0.15) is 12.4 Å². The van der Waals surface area contributed by atoms with Gasteiger partial charge in [-0.2, -0.15) is 0 Å². The highest BCUT2D eigenvalue weighted by molar-refractivity contribution is 9.10. The molecule has 2 rings (SSSR count). The van der Waals surface area contributed by atoms with Crippen molar-refractivity contribution in [2.24, 2.45) is 0 Å². The summed E-state index contributed by atoms with van der Waals surface area (Å²) in [6.45, 7) is 4.25. The number of aromatic nitrogens is 1. The summed E-state index contributed by atoms with van der Waals surface area (Å²) in [5, 5.41) is 3.31. The molecule has 1 aromatic carbocycles. The number of halogens is 1. The van der Waals surface area contributed by atoms with Crippen molar-refractivity contribution in [2.45, 2.75) is 20.1 Å². The topological polar surface area (TPSA) is 43.4 Å². The molecule has 0 bridgehead atoms. The maximum Gasteiger partial charge on any atom is 0.213 e. The van der Waals surface area contributed by atoms with E-state index in [2.05, 4.69) is 33.2 Å². The van der Waals surface area contributed by atoms with Gasteiger partial charge in [-0.1, -0.05) is 28.9 Å². The van der Waals surface area contributed by atoms with Crippen LogP contribution in [0.1, 0.15) is 18.2 Å². The Hall–Kier alpha value is -1.59. The Morgan fingerprint density at radius 3 is 2.86 bits per heavy atom. The molecule has 1 N–H and O–H groups in total. The lowest BCUT2D eigenvalue weighted by atomic mass is 10.2. The molecular weight excluding hydrogens is 332 g/mol. The fourth-order valence-corrected chi connectivity index (χ4v) is 2.23. The van der Waals surface area contributed by atoms with E-state index in [1.54, 1.807) is 7.11 Å². The van der Waals surface area contributed by atoms with Crippen molar-refractivity contribution in [3.63, 3.8) is 0 Å². The Labute approximate surface area is 133 Å². The Morgan fingerprint density at radius 1 is 1.24 bits per heavy atom. The predicted molar refractivity (Wildman–Crippen MR) is 86.6 cm³/mol. The quantitative estimate of drug-likeness (QED) is 0.829. The molecule has 0 radical (unpaired) electrons. The second kappa shape index (κ2) is 8.00. The second-order valence-corrected chi connectivity index (χ2v) is 5.35. The minimum absolute atomic E-state index is 0.416. The largest absolute Gasteiger partial charge is 0.487 e. The summed E-state index contributed by atoms with van der Waals surface area (Å²) in [7, 11) is 1.61. The van der Waals surface area contributed by atoms with Gasteiger partial charge in [-0.3, -0.25) is 0 Å². The molecular formula is C16H19BrN2O2. The van der Waals surface area contributed by atoms with Crippen LogP contribution in [0.3, 0.4) is 0 Å². The molecule has 1 aromatic heterocycles. The minimum atomic E-state index is 0.416. The first kappa shape index (κ1) is 15.8. The highest BCUT2D eigenvalue weighted by Crippen LogP contribution is 2.23. The van der Waals surface area contributed by atoms with E-state index in [4.69, 9.17) is 9.47 Å². The summed E-state index contributed by atoms with van der Waals surface area (Å²) >= 11 is 3.55. The van der Waals surface area contributed by atoms with E-state index in [0.717, 1.165) is 29.0 Å². The highest BCUT2D eigenvalue weighted by atomic mass is 79.9. The second-order valence-electron chi connectivity index (χ2n) is 4.49. The zero-order chi connectivity index (χ0) is 15.1. The smallest absolute Gasteiger partial charge is 0.213 e. The number of nitrogens with one attached hydrogen (secondary N) is 1. The van der Waals surface area contributed by atoms with Gasteiger partial charge in [0.2, 0.25) is 5.88 Å². The number of hydrogen-bond acceptors (Lipinski definition) is 4. The van der Waals surface area contributed by atoms with E-state index in [1.165, 1.54) is 5.56 Å². The van der Waals surface area contributed by atoms with Crippen molar-refractivity contribution in [3.05, 3.63) is 52.1 Å². The van der Waals surface area contributed by atoms with Crippen LogP contribution in [0.25, 0.3) is 0 Å². The molecule has 0 aliphatic heterocycles. The van der Waals surface area contributed by atoms with Crippen LogP contribution in [-0.2, 0) is 13.2 Å². The molecule has 0 spiro atoms. The minimum Gasteiger partial charge on any atom is -0.487 e. The summed E-state index contributed by atoms with van der Waals surface area (Å²) in [5.74, 6) is 1.43. The highest BCUT2D eigenvalue weighted by Gasteiger charge is 2.04. The van der Waals surface area contributed by atoms with Gasteiger partial charge in [0, 0.05) is 17.1 Å². The molecule has 0 aliphatic rings. The number of hydrogen-bond donors (Lipinski definition) is 1. The van der Waals surface area contributed by atoms with Crippen LogP contribution in [0.2, 0.25) is 0 Å². The standard InChI is InChI=1S/C16H19BrN2O2/c1-3-18-10-12-9-14(7-8-15(12)17)21-11-13-5-4-6-16(19-13)20-2/h4-9,18H,3,10-11H2,1-2H3.